The first-order valence-corrected chi connectivity index (χ1v) is 10.7. The highest BCUT2D eigenvalue weighted by molar-refractivity contribution is 6.09. The van der Waals surface area contributed by atoms with E-state index in [1.165, 1.54) is 0 Å². The van der Waals surface area contributed by atoms with E-state index >= 15 is 0 Å². The molecule has 0 N–H and O–H groups in total. The van der Waals surface area contributed by atoms with Crippen molar-refractivity contribution >= 4 is 5.71 Å². The van der Waals surface area contributed by atoms with Crippen molar-refractivity contribution < 1.29 is 33.3 Å². The standard InChI is InChI=1S/C23H29NO7/c1-13-11-15(14-9-7-6-8-10-14)24-31-20(13)27-21-19-18(29-23(4,5)30-19)17(26-21)16-12-25-22(2,3)28-16/h6-11,16-21H,12H2,1-5H3/t16-,17-,18+,19+,20+,21+/m1/s1. The van der Waals surface area contributed by atoms with Crippen molar-refractivity contribution in [3.05, 3.63) is 47.5 Å². The van der Waals surface area contributed by atoms with E-state index in [2.05, 4.69) is 5.16 Å². The largest absolute Gasteiger partial charge is 0.358 e. The molecule has 3 saturated heterocycles. The van der Waals surface area contributed by atoms with Gasteiger partial charge in [0.25, 0.3) is 6.29 Å². The summed E-state index contributed by atoms with van der Waals surface area (Å²) in [7, 11) is 0. The Morgan fingerprint density at radius 1 is 0.935 bits per heavy atom. The van der Waals surface area contributed by atoms with Gasteiger partial charge < -0.3 is 33.3 Å². The molecule has 0 spiro atoms. The SMILES string of the molecule is CC1=CC(c2ccccc2)=NO[C@@H]1O[C@@H]1O[C@H]([C@H]2COC(C)(C)O2)[C@@H]2OC(C)(C)O[C@H]12. The van der Waals surface area contributed by atoms with Gasteiger partial charge in [-0.05, 0) is 46.3 Å². The van der Waals surface area contributed by atoms with E-state index in [-0.39, 0.29) is 18.3 Å². The Labute approximate surface area is 182 Å². The summed E-state index contributed by atoms with van der Waals surface area (Å²) in [6.07, 6.45) is -0.816. The highest BCUT2D eigenvalue weighted by Crippen LogP contribution is 2.43. The number of allylic oxidation sites excluding steroid dienone is 1. The Balaban J connectivity index is 1.30. The van der Waals surface area contributed by atoms with E-state index in [0.29, 0.717) is 6.61 Å². The fraction of sp³-hybridized carbons (Fsp3) is 0.609. The topological polar surface area (TPSA) is 77.0 Å². The van der Waals surface area contributed by atoms with Gasteiger partial charge in [0.2, 0.25) is 0 Å². The van der Waals surface area contributed by atoms with Crippen molar-refractivity contribution in [2.75, 3.05) is 6.61 Å². The summed E-state index contributed by atoms with van der Waals surface area (Å²) in [5.41, 5.74) is 2.62. The van der Waals surface area contributed by atoms with Crippen molar-refractivity contribution in [2.24, 2.45) is 5.16 Å². The second-order valence-electron chi connectivity index (χ2n) is 9.21. The van der Waals surface area contributed by atoms with Crippen molar-refractivity contribution in [1.29, 1.82) is 0 Å². The molecule has 5 rings (SSSR count). The maximum atomic E-state index is 6.23. The summed E-state index contributed by atoms with van der Waals surface area (Å²) in [6.45, 7) is 9.90. The average molecular weight is 431 g/mol. The van der Waals surface area contributed by atoms with Crippen LogP contribution in [-0.4, -0.2) is 60.9 Å². The smallest absolute Gasteiger partial charge is 0.251 e. The van der Waals surface area contributed by atoms with Crippen LogP contribution in [0.4, 0.5) is 0 Å². The molecule has 8 nitrogen and oxygen atoms in total. The lowest BCUT2D eigenvalue weighted by molar-refractivity contribution is -0.281. The molecule has 0 aromatic heterocycles. The predicted molar refractivity (Wildman–Crippen MR) is 110 cm³/mol. The van der Waals surface area contributed by atoms with E-state index in [1.807, 2.05) is 71.0 Å². The molecule has 1 aromatic rings. The van der Waals surface area contributed by atoms with Gasteiger partial charge in [-0.25, -0.2) is 0 Å². The highest BCUT2D eigenvalue weighted by atomic mass is 16.9. The van der Waals surface area contributed by atoms with Gasteiger partial charge in [-0.15, -0.1) is 0 Å². The molecule has 0 amide bonds. The summed E-state index contributed by atoms with van der Waals surface area (Å²) in [6, 6.07) is 9.86. The lowest BCUT2D eigenvalue weighted by atomic mass is 10.1. The molecule has 3 fully saturated rings. The fourth-order valence-electron chi connectivity index (χ4n) is 4.37. The van der Waals surface area contributed by atoms with Crippen molar-refractivity contribution in [3.8, 4) is 0 Å². The van der Waals surface area contributed by atoms with Crippen molar-refractivity contribution in [2.45, 2.75) is 83.2 Å². The number of ether oxygens (including phenoxy) is 6. The molecule has 1 aromatic carbocycles. The van der Waals surface area contributed by atoms with Gasteiger partial charge in [0.15, 0.2) is 17.9 Å². The molecule has 0 aliphatic carbocycles. The summed E-state index contributed by atoms with van der Waals surface area (Å²) < 4.78 is 36.4. The van der Waals surface area contributed by atoms with Crippen LogP contribution in [-0.2, 0) is 33.3 Å². The second kappa shape index (κ2) is 7.65. The van der Waals surface area contributed by atoms with E-state index in [4.69, 9.17) is 33.3 Å². The molecule has 0 saturated carbocycles. The normalized spacial score (nSPS) is 38.4. The Bertz CT molecular complexity index is 881. The highest BCUT2D eigenvalue weighted by Gasteiger charge is 2.60. The van der Waals surface area contributed by atoms with Crippen molar-refractivity contribution in [3.63, 3.8) is 0 Å². The minimum absolute atomic E-state index is 0.278. The molecule has 4 aliphatic heterocycles. The molecule has 4 aliphatic rings. The first-order chi connectivity index (χ1) is 14.7. The molecular formula is C23H29NO7. The van der Waals surface area contributed by atoms with Crippen LogP contribution in [0.3, 0.4) is 0 Å². The monoisotopic (exact) mass is 431 g/mol. The fourth-order valence-corrected chi connectivity index (χ4v) is 4.37. The summed E-state index contributed by atoms with van der Waals surface area (Å²) in [4.78, 5) is 5.68. The summed E-state index contributed by atoms with van der Waals surface area (Å²) >= 11 is 0. The van der Waals surface area contributed by atoms with Crippen LogP contribution in [0.15, 0.2) is 47.1 Å². The molecule has 168 valence electrons. The van der Waals surface area contributed by atoms with Crippen LogP contribution in [0, 0.1) is 0 Å². The van der Waals surface area contributed by atoms with Crippen LogP contribution in [0.5, 0.6) is 0 Å². The number of nitrogens with zero attached hydrogens (tertiary/aromatic N) is 1. The van der Waals surface area contributed by atoms with Crippen LogP contribution in [0.2, 0.25) is 0 Å². The van der Waals surface area contributed by atoms with Crippen molar-refractivity contribution in [1.82, 2.24) is 0 Å². The molecule has 0 unspecified atom stereocenters. The average Bonchev–Trinajstić information content (AvgIpc) is 3.34. The number of hydrogen-bond donors (Lipinski definition) is 0. The zero-order valence-corrected chi connectivity index (χ0v) is 18.4. The second-order valence-corrected chi connectivity index (χ2v) is 9.21. The zero-order chi connectivity index (χ0) is 21.8. The first kappa shape index (κ1) is 21.1. The predicted octanol–water partition coefficient (Wildman–Crippen LogP) is 3.11. The van der Waals surface area contributed by atoms with E-state index in [1.54, 1.807) is 0 Å². The van der Waals surface area contributed by atoms with Gasteiger partial charge in [-0.2, -0.15) is 0 Å². The maximum absolute atomic E-state index is 6.23. The quantitative estimate of drug-likeness (QED) is 0.725. The van der Waals surface area contributed by atoms with Gasteiger partial charge in [0, 0.05) is 5.56 Å². The van der Waals surface area contributed by atoms with Crippen LogP contribution in [0.1, 0.15) is 40.2 Å². The van der Waals surface area contributed by atoms with E-state index in [0.717, 1.165) is 16.8 Å². The third-order valence-electron chi connectivity index (χ3n) is 5.75. The first-order valence-electron chi connectivity index (χ1n) is 10.7. The number of rotatable bonds is 4. The lowest BCUT2D eigenvalue weighted by Crippen LogP contribution is -2.40. The van der Waals surface area contributed by atoms with Gasteiger partial charge in [0.1, 0.15) is 30.1 Å². The van der Waals surface area contributed by atoms with Crippen LogP contribution in [0.25, 0.3) is 0 Å². The summed E-state index contributed by atoms with van der Waals surface area (Å²) in [5.74, 6) is -1.41. The van der Waals surface area contributed by atoms with E-state index in [9.17, 15) is 0 Å². The van der Waals surface area contributed by atoms with Crippen LogP contribution >= 0.6 is 0 Å². The Morgan fingerprint density at radius 3 is 2.35 bits per heavy atom. The molecule has 0 bridgehead atoms. The molecule has 6 atom stereocenters. The maximum Gasteiger partial charge on any atom is 0.251 e. The lowest BCUT2D eigenvalue weighted by Gasteiger charge is -2.29. The van der Waals surface area contributed by atoms with E-state index < -0.39 is 30.3 Å². The molecule has 0 radical (unpaired) electrons. The van der Waals surface area contributed by atoms with Gasteiger partial charge in [-0.3, -0.25) is 0 Å². The Hall–Kier alpha value is -1.81. The number of oxime groups is 1. The molecular weight excluding hydrogens is 402 g/mol. The number of fused-ring (bicyclic) bond motifs is 1. The van der Waals surface area contributed by atoms with Crippen LogP contribution < -0.4 is 0 Å². The van der Waals surface area contributed by atoms with Gasteiger partial charge >= 0.3 is 0 Å². The number of benzene rings is 1. The Kier molecular flexibility index (Phi) is 5.20. The summed E-state index contributed by atoms with van der Waals surface area (Å²) in [5, 5.41) is 4.25. The number of hydrogen-bond acceptors (Lipinski definition) is 8. The molecule has 4 heterocycles. The zero-order valence-electron chi connectivity index (χ0n) is 18.4. The minimum Gasteiger partial charge on any atom is -0.358 e. The van der Waals surface area contributed by atoms with Gasteiger partial charge in [0.05, 0.1) is 6.61 Å². The third-order valence-corrected chi connectivity index (χ3v) is 5.75. The molecule has 31 heavy (non-hydrogen) atoms. The third kappa shape index (κ3) is 4.16. The molecule has 8 heteroatoms. The van der Waals surface area contributed by atoms with Gasteiger partial charge in [-0.1, -0.05) is 35.5 Å². The Morgan fingerprint density at radius 2 is 1.68 bits per heavy atom. The minimum atomic E-state index is -0.745.